The first-order valence-electron chi connectivity index (χ1n) is 5.46. The van der Waals surface area contributed by atoms with Gasteiger partial charge in [-0.25, -0.2) is 0 Å². The Morgan fingerprint density at radius 2 is 2.33 bits per heavy atom. The molecule has 3 heteroatoms. The second kappa shape index (κ2) is 3.49. The average molecular weight is 205 g/mol. The number of nitrogens with one attached hydrogen (secondary N) is 1. The van der Waals surface area contributed by atoms with Gasteiger partial charge in [0.2, 0.25) is 0 Å². The van der Waals surface area contributed by atoms with Gasteiger partial charge in [-0.2, -0.15) is 5.10 Å². The van der Waals surface area contributed by atoms with Crippen LogP contribution in [0.4, 0.5) is 0 Å². The summed E-state index contributed by atoms with van der Waals surface area (Å²) in [6, 6.07) is 0. The zero-order chi connectivity index (χ0) is 11.1. The lowest BCUT2D eigenvalue weighted by Crippen LogP contribution is -2.32. The van der Waals surface area contributed by atoms with Crippen molar-refractivity contribution >= 4 is 0 Å². The molecule has 82 valence electrons. The molecule has 0 aliphatic carbocycles. The summed E-state index contributed by atoms with van der Waals surface area (Å²) >= 11 is 0. The Labute approximate surface area is 91.2 Å². The summed E-state index contributed by atoms with van der Waals surface area (Å²) in [5.74, 6) is 0. The highest BCUT2D eigenvalue weighted by Crippen LogP contribution is 2.31. The van der Waals surface area contributed by atoms with Crippen LogP contribution in [0.5, 0.6) is 0 Å². The van der Waals surface area contributed by atoms with Crippen LogP contribution in [-0.2, 0) is 18.9 Å². The lowest BCUT2D eigenvalue weighted by Gasteiger charge is -2.25. The molecule has 1 aromatic rings. The zero-order valence-corrected chi connectivity index (χ0v) is 9.80. The van der Waals surface area contributed by atoms with E-state index in [4.69, 9.17) is 0 Å². The van der Waals surface area contributed by atoms with Gasteiger partial charge >= 0.3 is 0 Å². The van der Waals surface area contributed by atoms with E-state index in [1.165, 1.54) is 11.3 Å². The molecular formula is C12H19N3. The molecule has 0 saturated carbocycles. The van der Waals surface area contributed by atoms with Gasteiger partial charge in [0, 0.05) is 43.2 Å². The fourth-order valence-electron chi connectivity index (χ4n) is 2.55. The predicted molar refractivity (Wildman–Crippen MR) is 62.1 cm³/mol. The number of fused-ring (bicyclic) bond motifs is 1. The molecule has 1 aliphatic heterocycles. The molecule has 0 radical (unpaired) electrons. The number of hydrogen-bond donors (Lipinski definition) is 1. The van der Waals surface area contributed by atoms with Crippen LogP contribution in [0.25, 0.3) is 0 Å². The number of hydrogen-bond acceptors (Lipinski definition) is 2. The summed E-state index contributed by atoms with van der Waals surface area (Å²) in [6.45, 7) is 10.3. The molecule has 0 spiro atoms. The first-order chi connectivity index (χ1) is 7.08. The number of aryl methyl sites for hydroxylation is 2. The van der Waals surface area contributed by atoms with Crippen molar-refractivity contribution in [3.63, 3.8) is 0 Å². The Bertz CT molecular complexity index is 392. The Morgan fingerprint density at radius 1 is 1.60 bits per heavy atom. The van der Waals surface area contributed by atoms with Crippen molar-refractivity contribution < 1.29 is 0 Å². The molecule has 1 N–H and O–H groups in total. The summed E-state index contributed by atoms with van der Waals surface area (Å²) in [6.07, 6.45) is 3.09. The highest BCUT2D eigenvalue weighted by Gasteiger charge is 2.32. The monoisotopic (exact) mass is 205 g/mol. The third-order valence-corrected chi connectivity index (χ3v) is 3.39. The van der Waals surface area contributed by atoms with E-state index >= 15 is 0 Å². The molecule has 1 aliphatic rings. The standard InChI is InChI=1S/C12H19N3/c1-5-12(3)8-13-7-6-10-11(12)9(2)14-15(10)4/h5,13H,1,6-8H2,2-4H3/t12-/m1/s1. The van der Waals surface area contributed by atoms with Gasteiger partial charge in [-0.15, -0.1) is 6.58 Å². The Hall–Kier alpha value is -1.09. The van der Waals surface area contributed by atoms with E-state index in [1.54, 1.807) is 0 Å². The van der Waals surface area contributed by atoms with Gasteiger partial charge < -0.3 is 5.32 Å². The van der Waals surface area contributed by atoms with Crippen molar-refractivity contribution in [2.75, 3.05) is 13.1 Å². The topological polar surface area (TPSA) is 29.9 Å². The van der Waals surface area contributed by atoms with E-state index in [1.807, 2.05) is 17.8 Å². The van der Waals surface area contributed by atoms with Crippen molar-refractivity contribution in [3.8, 4) is 0 Å². The average Bonchev–Trinajstić information content (AvgIpc) is 2.39. The Balaban J connectivity index is 2.62. The maximum Gasteiger partial charge on any atom is 0.0637 e. The van der Waals surface area contributed by atoms with Crippen LogP contribution >= 0.6 is 0 Å². The lowest BCUT2D eigenvalue weighted by atomic mass is 9.81. The number of nitrogens with zero attached hydrogens (tertiary/aromatic N) is 2. The van der Waals surface area contributed by atoms with Crippen LogP contribution in [0.1, 0.15) is 23.9 Å². The first-order valence-corrected chi connectivity index (χ1v) is 5.46. The predicted octanol–water partition coefficient (Wildman–Crippen LogP) is 1.32. The van der Waals surface area contributed by atoms with Gasteiger partial charge in [0.05, 0.1) is 5.69 Å². The molecule has 0 saturated heterocycles. The van der Waals surface area contributed by atoms with Crippen LogP contribution in [0.15, 0.2) is 12.7 Å². The molecule has 0 amide bonds. The quantitative estimate of drug-likeness (QED) is 0.701. The van der Waals surface area contributed by atoms with Crippen LogP contribution in [0.3, 0.4) is 0 Å². The zero-order valence-electron chi connectivity index (χ0n) is 9.80. The molecule has 0 unspecified atom stereocenters. The maximum absolute atomic E-state index is 4.52. The summed E-state index contributed by atoms with van der Waals surface area (Å²) in [4.78, 5) is 0. The molecule has 1 aromatic heterocycles. The largest absolute Gasteiger partial charge is 0.315 e. The summed E-state index contributed by atoms with van der Waals surface area (Å²) in [5, 5.41) is 7.98. The van der Waals surface area contributed by atoms with E-state index < -0.39 is 0 Å². The summed E-state index contributed by atoms with van der Waals surface area (Å²) in [7, 11) is 2.03. The van der Waals surface area contributed by atoms with Crippen molar-refractivity contribution in [1.29, 1.82) is 0 Å². The first kappa shape index (κ1) is 10.4. The van der Waals surface area contributed by atoms with Crippen molar-refractivity contribution in [2.24, 2.45) is 7.05 Å². The van der Waals surface area contributed by atoms with Gasteiger partial charge in [-0.3, -0.25) is 4.68 Å². The normalized spacial score (nSPS) is 25.8. The third kappa shape index (κ3) is 1.51. The van der Waals surface area contributed by atoms with E-state index in [-0.39, 0.29) is 5.41 Å². The lowest BCUT2D eigenvalue weighted by molar-refractivity contribution is 0.538. The smallest absolute Gasteiger partial charge is 0.0637 e. The molecule has 1 atom stereocenters. The fourth-order valence-corrected chi connectivity index (χ4v) is 2.55. The van der Waals surface area contributed by atoms with Crippen molar-refractivity contribution in [2.45, 2.75) is 25.7 Å². The van der Waals surface area contributed by atoms with Crippen molar-refractivity contribution in [1.82, 2.24) is 15.1 Å². The van der Waals surface area contributed by atoms with Gasteiger partial charge in [0.25, 0.3) is 0 Å². The van der Waals surface area contributed by atoms with Gasteiger partial charge in [0.15, 0.2) is 0 Å². The van der Waals surface area contributed by atoms with E-state index in [0.717, 1.165) is 25.2 Å². The number of aromatic nitrogens is 2. The van der Waals surface area contributed by atoms with E-state index in [0.29, 0.717) is 0 Å². The fraction of sp³-hybridized carbons (Fsp3) is 0.583. The molecule has 0 aromatic carbocycles. The molecule has 0 bridgehead atoms. The van der Waals surface area contributed by atoms with E-state index in [9.17, 15) is 0 Å². The maximum atomic E-state index is 4.52. The SMILES string of the molecule is C=C[C@]1(C)CNCCc2c1c(C)nn2C. The van der Waals surface area contributed by atoms with Gasteiger partial charge in [-0.1, -0.05) is 13.0 Å². The Morgan fingerprint density at radius 3 is 3.00 bits per heavy atom. The minimum Gasteiger partial charge on any atom is -0.315 e. The highest BCUT2D eigenvalue weighted by atomic mass is 15.3. The highest BCUT2D eigenvalue weighted by molar-refractivity contribution is 5.39. The third-order valence-electron chi connectivity index (χ3n) is 3.39. The molecule has 2 rings (SSSR count). The second-order valence-corrected chi connectivity index (χ2v) is 4.58. The number of rotatable bonds is 1. The molecule has 3 nitrogen and oxygen atoms in total. The van der Waals surface area contributed by atoms with Crippen LogP contribution < -0.4 is 5.32 Å². The van der Waals surface area contributed by atoms with Crippen LogP contribution in [0, 0.1) is 6.92 Å². The summed E-state index contributed by atoms with van der Waals surface area (Å²) < 4.78 is 2.01. The minimum atomic E-state index is 0.0180. The minimum absolute atomic E-state index is 0.0180. The van der Waals surface area contributed by atoms with E-state index in [2.05, 4.69) is 30.8 Å². The van der Waals surface area contributed by atoms with Crippen LogP contribution in [0.2, 0.25) is 0 Å². The Kier molecular flexibility index (Phi) is 2.43. The van der Waals surface area contributed by atoms with Gasteiger partial charge in [-0.05, 0) is 6.92 Å². The summed E-state index contributed by atoms with van der Waals surface area (Å²) in [5.41, 5.74) is 3.87. The van der Waals surface area contributed by atoms with Gasteiger partial charge in [0.1, 0.15) is 0 Å². The van der Waals surface area contributed by atoms with Crippen molar-refractivity contribution in [3.05, 3.63) is 29.6 Å². The molecule has 0 fully saturated rings. The second-order valence-electron chi connectivity index (χ2n) is 4.58. The van der Waals surface area contributed by atoms with Crippen LogP contribution in [-0.4, -0.2) is 22.9 Å². The molecule has 15 heavy (non-hydrogen) atoms. The molecular weight excluding hydrogens is 186 g/mol. The molecule has 2 heterocycles.